The number of hydrogen-bond donors (Lipinski definition) is 2. The zero-order chi connectivity index (χ0) is 22.4. The van der Waals surface area contributed by atoms with Gasteiger partial charge in [0.25, 0.3) is 11.3 Å². The van der Waals surface area contributed by atoms with E-state index in [0.717, 1.165) is 33.3 Å². The van der Waals surface area contributed by atoms with Crippen LogP contribution in [-0.4, -0.2) is 25.4 Å². The number of halogens is 3. The van der Waals surface area contributed by atoms with Crippen molar-refractivity contribution in [3.8, 4) is 10.4 Å². The molecule has 2 N–H and O–H groups in total. The number of carboxylic acids is 1. The molecule has 1 aliphatic rings. The number of carbonyl (C=O) groups is 1. The Hall–Kier alpha value is -2.69. The van der Waals surface area contributed by atoms with Crippen molar-refractivity contribution in [2.75, 3.05) is 4.31 Å². The van der Waals surface area contributed by atoms with Crippen LogP contribution in [-0.2, 0) is 22.2 Å². The van der Waals surface area contributed by atoms with Crippen LogP contribution in [0.5, 0.6) is 0 Å². The molecule has 3 atom stereocenters. The van der Waals surface area contributed by atoms with Crippen molar-refractivity contribution in [1.29, 1.82) is 0 Å². The first kappa shape index (κ1) is 21.5. The third kappa shape index (κ3) is 3.86. The van der Waals surface area contributed by atoms with Gasteiger partial charge in [0, 0.05) is 10.8 Å². The SMILES string of the molecule is O=C(O)C1(N(c2ccc(-c3ccc(C(F)(F)F)cc3)s2)S(=O)O)CC1c1ccccc1. The Morgan fingerprint density at radius 3 is 2.26 bits per heavy atom. The molecule has 2 aromatic carbocycles. The largest absolute Gasteiger partial charge is 0.479 e. The molecule has 5 nitrogen and oxygen atoms in total. The van der Waals surface area contributed by atoms with Crippen LogP contribution in [0.25, 0.3) is 10.4 Å². The van der Waals surface area contributed by atoms with E-state index in [1.54, 1.807) is 36.4 Å². The number of thiophene rings is 1. The molecule has 1 aromatic heterocycles. The van der Waals surface area contributed by atoms with Gasteiger partial charge in [0.05, 0.1) is 5.56 Å². The summed E-state index contributed by atoms with van der Waals surface area (Å²) < 4.78 is 61.5. The minimum Gasteiger partial charge on any atom is -0.479 e. The summed E-state index contributed by atoms with van der Waals surface area (Å²) in [4.78, 5) is 12.8. The molecule has 4 rings (SSSR count). The third-order valence-corrected chi connectivity index (χ3v) is 7.38. The van der Waals surface area contributed by atoms with Crippen LogP contribution in [0.1, 0.15) is 23.5 Å². The maximum absolute atomic E-state index is 12.8. The van der Waals surface area contributed by atoms with E-state index in [4.69, 9.17) is 0 Å². The monoisotopic (exact) mass is 467 g/mol. The Labute approximate surface area is 182 Å². The average molecular weight is 467 g/mol. The molecule has 1 saturated carbocycles. The van der Waals surface area contributed by atoms with Gasteiger partial charge in [-0.2, -0.15) is 13.2 Å². The van der Waals surface area contributed by atoms with Crippen molar-refractivity contribution in [2.24, 2.45) is 0 Å². The third-order valence-electron chi connectivity index (χ3n) is 5.31. The fraction of sp³-hybridized carbons (Fsp3) is 0.190. The number of carboxylic acid groups (broad SMARTS) is 1. The summed E-state index contributed by atoms with van der Waals surface area (Å²) in [5.41, 5.74) is -1.12. The number of alkyl halides is 3. The molecule has 162 valence electrons. The Morgan fingerprint density at radius 2 is 1.71 bits per heavy atom. The molecule has 10 heteroatoms. The Morgan fingerprint density at radius 1 is 1.06 bits per heavy atom. The van der Waals surface area contributed by atoms with Gasteiger partial charge in [-0.25, -0.2) is 13.3 Å². The first-order valence-electron chi connectivity index (χ1n) is 9.11. The summed E-state index contributed by atoms with van der Waals surface area (Å²) in [6.45, 7) is 0. The summed E-state index contributed by atoms with van der Waals surface area (Å²) in [7, 11) is 0. The zero-order valence-electron chi connectivity index (χ0n) is 15.7. The standard InChI is InChI=1S/C21H16F3NO4S2/c22-21(23,24)15-8-6-14(7-9-15)17-10-11-18(30-17)25(31(28)29)20(19(26)27)12-16(20)13-4-2-1-3-5-13/h1-11,16H,12H2,(H,26,27)(H,28,29). The van der Waals surface area contributed by atoms with Crippen molar-refractivity contribution in [2.45, 2.75) is 24.1 Å². The van der Waals surface area contributed by atoms with E-state index in [2.05, 4.69) is 0 Å². The predicted octanol–water partition coefficient (Wildman–Crippen LogP) is 5.39. The second kappa shape index (κ2) is 7.77. The lowest BCUT2D eigenvalue weighted by Gasteiger charge is -2.26. The lowest BCUT2D eigenvalue weighted by atomic mass is 10.1. The van der Waals surface area contributed by atoms with Gasteiger partial charge in [0.15, 0.2) is 5.54 Å². The molecule has 31 heavy (non-hydrogen) atoms. The number of rotatable bonds is 6. The number of hydrogen-bond acceptors (Lipinski definition) is 3. The van der Waals surface area contributed by atoms with Crippen LogP contribution < -0.4 is 4.31 Å². The second-order valence-corrected chi connectivity index (χ2v) is 9.02. The van der Waals surface area contributed by atoms with Crippen LogP contribution >= 0.6 is 11.3 Å². The van der Waals surface area contributed by atoms with Gasteiger partial charge in [-0.1, -0.05) is 42.5 Å². The maximum Gasteiger partial charge on any atom is 0.416 e. The zero-order valence-corrected chi connectivity index (χ0v) is 17.4. The normalized spacial score (nSPS) is 21.5. The van der Waals surface area contributed by atoms with E-state index in [0.29, 0.717) is 10.4 Å². The highest BCUT2D eigenvalue weighted by molar-refractivity contribution is 7.81. The van der Waals surface area contributed by atoms with Crippen LogP contribution in [0.15, 0.2) is 66.7 Å². The van der Waals surface area contributed by atoms with Crippen molar-refractivity contribution < 1.29 is 31.8 Å². The summed E-state index contributed by atoms with van der Waals surface area (Å²) in [5, 5.41) is 10.2. The molecule has 3 aromatic rings. The van der Waals surface area contributed by atoms with Gasteiger partial charge in [-0.05, 0) is 41.8 Å². The van der Waals surface area contributed by atoms with Crippen LogP contribution in [0.3, 0.4) is 0 Å². The molecule has 0 spiro atoms. The topological polar surface area (TPSA) is 77.8 Å². The van der Waals surface area contributed by atoms with Gasteiger partial charge in [0.1, 0.15) is 5.00 Å². The first-order valence-corrected chi connectivity index (χ1v) is 11.0. The van der Waals surface area contributed by atoms with E-state index in [1.165, 1.54) is 18.2 Å². The fourth-order valence-corrected chi connectivity index (χ4v) is 5.78. The Kier molecular flexibility index (Phi) is 5.40. The molecule has 0 saturated heterocycles. The highest BCUT2D eigenvalue weighted by atomic mass is 32.2. The molecule has 1 fully saturated rings. The molecule has 1 aliphatic carbocycles. The quantitative estimate of drug-likeness (QED) is 0.477. The molecule has 1 heterocycles. The lowest BCUT2D eigenvalue weighted by molar-refractivity contribution is -0.139. The van der Waals surface area contributed by atoms with Gasteiger partial charge in [0.2, 0.25) is 0 Å². The second-order valence-electron chi connectivity index (χ2n) is 7.13. The molecule has 0 bridgehead atoms. The van der Waals surface area contributed by atoms with Gasteiger partial charge in [-0.3, -0.25) is 4.55 Å². The van der Waals surface area contributed by atoms with Crippen molar-refractivity contribution in [1.82, 2.24) is 0 Å². The highest BCUT2D eigenvalue weighted by Gasteiger charge is 2.67. The van der Waals surface area contributed by atoms with Crippen LogP contribution in [0, 0.1) is 0 Å². The van der Waals surface area contributed by atoms with E-state index < -0.39 is 40.4 Å². The van der Waals surface area contributed by atoms with Crippen molar-refractivity contribution in [3.63, 3.8) is 0 Å². The maximum atomic E-state index is 12.8. The summed E-state index contributed by atoms with van der Waals surface area (Å²) >= 11 is -1.58. The Bertz CT molecular complexity index is 1130. The molecule has 3 unspecified atom stereocenters. The smallest absolute Gasteiger partial charge is 0.416 e. The molecular formula is C21H16F3NO4S2. The molecule has 0 radical (unpaired) electrons. The summed E-state index contributed by atoms with van der Waals surface area (Å²) in [5.74, 6) is -1.69. The Balaban J connectivity index is 1.68. The fourth-order valence-electron chi connectivity index (χ4n) is 3.71. The van der Waals surface area contributed by atoms with E-state index >= 15 is 0 Å². The molecular weight excluding hydrogens is 451 g/mol. The number of benzene rings is 2. The minimum absolute atomic E-state index is 0.159. The van der Waals surface area contributed by atoms with Gasteiger partial charge in [-0.15, -0.1) is 11.3 Å². The average Bonchev–Trinajstić information content (AvgIpc) is 3.29. The van der Waals surface area contributed by atoms with E-state index in [-0.39, 0.29) is 11.4 Å². The van der Waals surface area contributed by atoms with E-state index in [1.807, 2.05) is 0 Å². The number of aliphatic carboxylic acids is 1. The van der Waals surface area contributed by atoms with Gasteiger partial charge < -0.3 is 5.11 Å². The number of nitrogens with zero attached hydrogens (tertiary/aromatic N) is 1. The number of anilines is 1. The van der Waals surface area contributed by atoms with Crippen molar-refractivity contribution >= 4 is 33.6 Å². The predicted molar refractivity (Wildman–Crippen MR) is 112 cm³/mol. The minimum atomic E-state index is -4.45. The lowest BCUT2D eigenvalue weighted by Crippen LogP contribution is -2.45. The van der Waals surface area contributed by atoms with Gasteiger partial charge >= 0.3 is 12.1 Å². The van der Waals surface area contributed by atoms with Crippen molar-refractivity contribution in [3.05, 3.63) is 77.9 Å². The van der Waals surface area contributed by atoms with Crippen LogP contribution in [0.4, 0.5) is 18.2 Å². The molecule has 0 aliphatic heterocycles. The summed E-state index contributed by atoms with van der Waals surface area (Å²) in [6, 6.07) is 16.5. The first-order chi connectivity index (χ1) is 14.6. The van der Waals surface area contributed by atoms with Crippen LogP contribution in [0.2, 0.25) is 0 Å². The molecule has 0 amide bonds. The van der Waals surface area contributed by atoms with E-state index in [9.17, 15) is 31.8 Å². The summed E-state index contributed by atoms with van der Waals surface area (Å²) in [6.07, 6.45) is -4.29. The highest BCUT2D eigenvalue weighted by Crippen LogP contribution is 2.58.